The van der Waals surface area contributed by atoms with Crippen molar-refractivity contribution in [3.8, 4) is 11.5 Å². The largest absolute Gasteiger partial charge is 0.497 e. The van der Waals surface area contributed by atoms with E-state index in [0.717, 1.165) is 29.8 Å². The molecule has 0 spiro atoms. The standard InChI is InChI=1S/C23H26N2O4/c1-15-9-10-20(29-3)22-19(15)8-5-11-24(22)23(27)16-12-21(26)25(14-16)17-6-4-7-18(13-17)28-2/h4,6-7,9-10,13,16H,5,8,11-12,14H2,1-3H3. The molecule has 1 atom stereocenters. The van der Waals surface area contributed by atoms with Crippen LogP contribution in [0.1, 0.15) is 24.0 Å². The summed E-state index contributed by atoms with van der Waals surface area (Å²) in [7, 11) is 3.23. The van der Waals surface area contributed by atoms with Crippen molar-refractivity contribution in [2.75, 3.05) is 37.1 Å². The average Bonchev–Trinajstić information content (AvgIpc) is 3.15. The van der Waals surface area contributed by atoms with Crippen molar-refractivity contribution in [1.82, 2.24) is 0 Å². The number of carbonyl (C=O) groups excluding carboxylic acids is 2. The van der Waals surface area contributed by atoms with Gasteiger partial charge in [-0.1, -0.05) is 12.1 Å². The van der Waals surface area contributed by atoms with Gasteiger partial charge in [-0.3, -0.25) is 9.59 Å². The Morgan fingerprint density at radius 1 is 1.14 bits per heavy atom. The number of methoxy groups -OCH3 is 2. The Morgan fingerprint density at radius 3 is 2.72 bits per heavy atom. The minimum absolute atomic E-state index is 0.00593. The lowest BCUT2D eigenvalue weighted by Crippen LogP contribution is -2.41. The van der Waals surface area contributed by atoms with Gasteiger partial charge in [-0.25, -0.2) is 0 Å². The molecule has 0 bridgehead atoms. The molecule has 6 nitrogen and oxygen atoms in total. The third-order valence-corrected chi connectivity index (χ3v) is 5.88. The van der Waals surface area contributed by atoms with E-state index in [0.29, 0.717) is 24.6 Å². The zero-order valence-corrected chi connectivity index (χ0v) is 17.1. The highest BCUT2D eigenvalue weighted by Crippen LogP contribution is 2.40. The lowest BCUT2D eigenvalue weighted by atomic mass is 9.94. The summed E-state index contributed by atoms with van der Waals surface area (Å²) in [5, 5.41) is 0. The van der Waals surface area contributed by atoms with E-state index in [-0.39, 0.29) is 24.2 Å². The van der Waals surface area contributed by atoms with E-state index in [1.165, 1.54) is 5.56 Å². The topological polar surface area (TPSA) is 59.1 Å². The summed E-state index contributed by atoms with van der Waals surface area (Å²) in [6.45, 7) is 3.09. The number of amides is 2. The molecule has 2 heterocycles. The number of ether oxygens (including phenoxy) is 2. The van der Waals surface area contributed by atoms with Gasteiger partial charge in [0.05, 0.1) is 25.8 Å². The van der Waals surface area contributed by atoms with Gasteiger partial charge in [0.15, 0.2) is 0 Å². The van der Waals surface area contributed by atoms with Crippen LogP contribution in [-0.2, 0) is 16.0 Å². The Kier molecular flexibility index (Phi) is 5.18. The van der Waals surface area contributed by atoms with Crippen LogP contribution in [0.25, 0.3) is 0 Å². The van der Waals surface area contributed by atoms with Crippen molar-refractivity contribution in [2.24, 2.45) is 5.92 Å². The first-order chi connectivity index (χ1) is 14.0. The van der Waals surface area contributed by atoms with Gasteiger partial charge in [0.2, 0.25) is 11.8 Å². The van der Waals surface area contributed by atoms with Gasteiger partial charge in [-0.15, -0.1) is 0 Å². The highest BCUT2D eigenvalue weighted by Gasteiger charge is 2.39. The zero-order valence-electron chi connectivity index (χ0n) is 17.1. The smallest absolute Gasteiger partial charge is 0.232 e. The molecule has 1 unspecified atom stereocenters. The fourth-order valence-electron chi connectivity index (χ4n) is 4.36. The Labute approximate surface area is 171 Å². The van der Waals surface area contributed by atoms with Gasteiger partial charge in [0, 0.05) is 31.3 Å². The molecule has 29 heavy (non-hydrogen) atoms. The normalized spacial score (nSPS) is 18.6. The molecule has 2 aliphatic rings. The molecule has 1 fully saturated rings. The average molecular weight is 394 g/mol. The van der Waals surface area contributed by atoms with E-state index >= 15 is 0 Å². The van der Waals surface area contributed by atoms with E-state index in [2.05, 4.69) is 6.92 Å². The molecule has 2 aromatic carbocycles. The van der Waals surface area contributed by atoms with Crippen LogP contribution in [0.5, 0.6) is 11.5 Å². The number of rotatable bonds is 4. The minimum Gasteiger partial charge on any atom is -0.497 e. The van der Waals surface area contributed by atoms with Gasteiger partial charge < -0.3 is 19.3 Å². The van der Waals surface area contributed by atoms with Gasteiger partial charge >= 0.3 is 0 Å². The Morgan fingerprint density at radius 2 is 1.97 bits per heavy atom. The van der Waals surface area contributed by atoms with Crippen LogP contribution in [0.3, 0.4) is 0 Å². The second-order valence-electron chi connectivity index (χ2n) is 7.61. The van der Waals surface area contributed by atoms with Crippen molar-refractivity contribution >= 4 is 23.2 Å². The van der Waals surface area contributed by atoms with Gasteiger partial charge in [-0.2, -0.15) is 0 Å². The molecule has 152 valence electrons. The van der Waals surface area contributed by atoms with E-state index in [1.54, 1.807) is 19.1 Å². The second kappa shape index (κ2) is 7.78. The summed E-state index contributed by atoms with van der Waals surface area (Å²) in [5.41, 5.74) is 3.96. The van der Waals surface area contributed by atoms with Gasteiger partial charge in [0.25, 0.3) is 0 Å². The molecule has 4 rings (SSSR count). The van der Waals surface area contributed by atoms with Crippen molar-refractivity contribution in [1.29, 1.82) is 0 Å². The Bertz CT molecular complexity index is 956. The molecule has 2 aromatic rings. The summed E-state index contributed by atoms with van der Waals surface area (Å²) in [5.74, 6) is 0.992. The molecule has 6 heteroatoms. The number of hydrogen-bond donors (Lipinski definition) is 0. The van der Waals surface area contributed by atoms with E-state index in [9.17, 15) is 9.59 Å². The van der Waals surface area contributed by atoms with Crippen molar-refractivity contribution < 1.29 is 19.1 Å². The number of anilines is 2. The third-order valence-electron chi connectivity index (χ3n) is 5.88. The molecule has 1 saturated heterocycles. The zero-order chi connectivity index (χ0) is 20.5. The van der Waals surface area contributed by atoms with E-state index in [4.69, 9.17) is 9.47 Å². The van der Waals surface area contributed by atoms with Crippen molar-refractivity contribution in [2.45, 2.75) is 26.2 Å². The van der Waals surface area contributed by atoms with Crippen LogP contribution >= 0.6 is 0 Å². The number of hydrogen-bond acceptors (Lipinski definition) is 4. The van der Waals surface area contributed by atoms with Crippen LogP contribution in [0.15, 0.2) is 36.4 Å². The highest BCUT2D eigenvalue weighted by molar-refractivity contribution is 6.05. The van der Waals surface area contributed by atoms with Crippen LogP contribution in [0.2, 0.25) is 0 Å². The third kappa shape index (κ3) is 3.43. The first-order valence-electron chi connectivity index (χ1n) is 9.95. The molecule has 2 amide bonds. The molecule has 2 aliphatic heterocycles. The monoisotopic (exact) mass is 394 g/mol. The summed E-state index contributed by atoms with van der Waals surface area (Å²) >= 11 is 0. The van der Waals surface area contributed by atoms with Gasteiger partial charge in [0.1, 0.15) is 11.5 Å². The van der Waals surface area contributed by atoms with Crippen LogP contribution in [0.4, 0.5) is 11.4 Å². The SMILES string of the molecule is COc1cccc(N2CC(C(=O)N3CCCc4c(C)ccc(OC)c43)CC2=O)c1. The molecule has 0 aromatic heterocycles. The first kappa shape index (κ1) is 19.3. The van der Waals surface area contributed by atoms with E-state index < -0.39 is 0 Å². The van der Waals surface area contributed by atoms with Crippen molar-refractivity contribution in [3.63, 3.8) is 0 Å². The summed E-state index contributed by atoms with van der Waals surface area (Å²) in [6, 6.07) is 11.3. The maximum atomic E-state index is 13.5. The maximum Gasteiger partial charge on any atom is 0.232 e. The van der Waals surface area contributed by atoms with Gasteiger partial charge in [-0.05, 0) is 49.1 Å². The predicted octanol–water partition coefficient (Wildman–Crippen LogP) is 3.34. The van der Waals surface area contributed by atoms with Crippen LogP contribution in [0, 0.1) is 12.8 Å². The number of fused-ring (bicyclic) bond motifs is 1. The molecule has 0 N–H and O–H groups in total. The number of benzene rings is 2. The number of nitrogens with zero attached hydrogens (tertiary/aromatic N) is 2. The van der Waals surface area contributed by atoms with Crippen LogP contribution in [-0.4, -0.2) is 39.1 Å². The van der Waals surface area contributed by atoms with Crippen molar-refractivity contribution in [3.05, 3.63) is 47.5 Å². The Hall–Kier alpha value is -3.02. The predicted molar refractivity (Wildman–Crippen MR) is 112 cm³/mol. The molecule has 0 aliphatic carbocycles. The lowest BCUT2D eigenvalue weighted by molar-refractivity contribution is -0.124. The maximum absolute atomic E-state index is 13.5. The highest BCUT2D eigenvalue weighted by atomic mass is 16.5. The molecule has 0 saturated carbocycles. The van der Waals surface area contributed by atoms with Crippen LogP contribution < -0.4 is 19.3 Å². The summed E-state index contributed by atoms with van der Waals surface area (Å²) in [6.07, 6.45) is 2.06. The fourth-order valence-corrected chi connectivity index (χ4v) is 4.36. The first-order valence-corrected chi connectivity index (χ1v) is 9.95. The molecule has 0 radical (unpaired) electrons. The quantitative estimate of drug-likeness (QED) is 0.798. The Balaban J connectivity index is 1.61. The minimum atomic E-state index is -0.370. The number of carbonyl (C=O) groups is 2. The summed E-state index contributed by atoms with van der Waals surface area (Å²) in [4.78, 5) is 29.7. The van der Waals surface area contributed by atoms with E-state index in [1.807, 2.05) is 41.3 Å². The fraction of sp³-hybridized carbons (Fsp3) is 0.391. The molecular weight excluding hydrogens is 368 g/mol. The molecular formula is C23H26N2O4. The second-order valence-corrected chi connectivity index (χ2v) is 7.61. The number of aryl methyl sites for hydroxylation is 1. The lowest BCUT2D eigenvalue weighted by Gasteiger charge is -2.33. The summed E-state index contributed by atoms with van der Waals surface area (Å²) < 4.78 is 10.8.